The third-order valence-electron chi connectivity index (χ3n) is 8.44. The molecular weight excluding hydrogens is 308 g/mol. The van der Waals surface area contributed by atoms with E-state index in [1.807, 2.05) is 6.07 Å². The van der Waals surface area contributed by atoms with Crippen molar-refractivity contribution in [1.29, 1.82) is 0 Å². The van der Waals surface area contributed by atoms with Crippen LogP contribution in [0, 0.1) is 23.7 Å². The number of piperidine rings is 1. The fraction of sp³-hybridized carbons (Fsp3) is 0.682. The Morgan fingerprint density at radius 1 is 1.20 bits per heavy atom. The Bertz CT molecular complexity index is 754. The predicted octanol–water partition coefficient (Wildman–Crippen LogP) is 3.11. The summed E-state index contributed by atoms with van der Waals surface area (Å²) in [7, 11) is 0. The summed E-state index contributed by atoms with van der Waals surface area (Å²) in [5.41, 5.74) is 9.73. The van der Waals surface area contributed by atoms with Crippen LogP contribution in [0.4, 0.5) is 0 Å². The molecule has 1 aromatic carbocycles. The quantitative estimate of drug-likeness (QED) is 0.922. The Hall–Kier alpha value is -1.35. The van der Waals surface area contributed by atoms with Crippen molar-refractivity contribution in [3.63, 3.8) is 0 Å². The molecule has 132 valence electrons. The maximum atomic E-state index is 11.8. The number of fused-ring (bicyclic) bond motifs is 2. The summed E-state index contributed by atoms with van der Waals surface area (Å²) in [6.45, 7) is 2.66. The molecule has 1 aromatic rings. The fourth-order valence-corrected chi connectivity index (χ4v) is 7.50. The van der Waals surface area contributed by atoms with Crippen LogP contribution < -0.4 is 5.73 Å². The van der Waals surface area contributed by atoms with Crippen molar-refractivity contribution < 1.29 is 4.79 Å². The highest BCUT2D eigenvalue weighted by atomic mass is 16.1. The summed E-state index contributed by atoms with van der Waals surface area (Å²) in [6.07, 6.45) is 9.61. The van der Waals surface area contributed by atoms with Crippen LogP contribution in [-0.2, 0) is 11.8 Å². The molecule has 1 heterocycles. The van der Waals surface area contributed by atoms with E-state index in [4.69, 9.17) is 5.73 Å². The van der Waals surface area contributed by atoms with Gasteiger partial charge in [-0.2, -0.15) is 0 Å². The van der Waals surface area contributed by atoms with Gasteiger partial charge in [-0.25, -0.2) is 0 Å². The first kappa shape index (κ1) is 14.8. The van der Waals surface area contributed by atoms with Gasteiger partial charge in [-0.15, -0.1) is 0 Å². The van der Waals surface area contributed by atoms with Gasteiger partial charge in [-0.05, 0) is 79.0 Å². The van der Waals surface area contributed by atoms with Crippen LogP contribution in [0.5, 0.6) is 0 Å². The van der Waals surface area contributed by atoms with Crippen molar-refractivity contribution in [3.8, 4) is 0 Å². The summed E-state index contributed by atoms with van der Waals surface area (Å²) in [6, 6.07) is 7.18. The number of likely N-dealkylation sites (tertiary alicyclic amines) is 1. The first-order chi connectivity index (χ1) is 12.2. The summed E-state index contributed by atoms with van der Waals surface area (Å²) in [5, 5.41) is 0. The molecule has 3 unspecified atom stereocenters. The van der Waals surface area contributed by atoms with E-state index in [1.54, 1.807) is 0 Å². The van der Waals surface area contributed by atoms with Gasteiger partial charge in [-0.1, -0.05) is 18.9 Å². The van der Waals surface area contributed by atoms with Crippen molar-refractivity contribution in [2.24, 2.45) is 29.4 Å². The van der Waals surface area contributed by atoms with Crippen LogP contribution in [0.3, 0.4) is 0 Å². The van der Waals surface area contributed by atoms with E-state index in [0.29, 0.717) is 11.0 Å². The molecule has 25 heavy (non-hydrogen) atoms. The lowest BCUT2D eigenvalue weighted by molar-refractivity contribution is 0.0457. The number of carbonyl (C=O) groups is 1. The Balaban J connectivity index is 1.47. The van der Waals surface area contributed by atoms with Gasteiger partial charge in [0.2, 0.25) is 5.91 Å². The van der Waals surface area contributed by atoms with Gasteiger partial charge in [0.1, 0.15) is 0 Å². The van der Waals surface area contributed by atoms with Crippen LogP contribution in [0.25, 0.3) is 0 Å². The zero-order chi connectivity index (χ0) is 16.8. The fourth-order valence-electron chi connectivity index (χ4n) is 7.50. The molecule has 2 N–H and O–H groups in total. The van der Waals surface area contributed by atoms with Crippen LogP contribution >= 0.6 is 0 Å². The van der Waals surface area contributed by atoms with Gasteiger partial charge < -0.3 is 5.73 Å². The molecule has 1 saturated heterocycles. The molecule has 5 atom stereocenters. The Labute approximate surface area is 150 Å². The number of amides is 1. The number of primary amides is 1. The molecule has 3 saturated carbocycles. The average molecular weight is 336 g/mol. The van der Waals surface area contributed by atoms with E-state index >= 15 is 0 Å². The standard InChI is InChI=1S/C22H28N2O/c23-21(25)15-7-6-14-9-16-19-12-24(11-13-4-5-13)20(16)17-3-1-2-8-22(17,19)18(14)10-15/h6-7,10,13,16-17,19-20H,1-5,8-9,11-12H2,(H2,23,25)/t16-,17?,19-,20?,22?/m1/s1. The van der Waals surface area contributed by atoms with Gasteiger partial charge in [-0.3, -0.25) is 9.69 Å². The first-order valence-electron chi connectivity index (χ1n) is 10.4. The van der Waals surface area contributed by atoms with Gasteiger partial charge in [0.15, 0.2) is 0 Å². The number of nitrogens with two attached hydrogens (primary N) is 1. The molecule has 1 spiro atoms. The van der Waals surface area contributed by atoms with E-state index in [0.717, 1.165) is 29.7 Å². The second kappa shape index (κ2) is 4.88. The molecule has 4 bridgehead atoms. The molecule has 5 aliphatic rings. The second-order valence-corrected chi connectivity index (χ2v) is 9.49. The van der Waals surface area contributed by atoms with E-state index < -0.39 is 0 Å². The lowest BCUT2D eigenvalue weighted by atomic mass is 9.56. The normalized spacial score (nSPS) is 41.4. The second-order valence-electron chi connectivity index (χ2n) is 9.49. The number of benzene rings is 1. The maximum Gasteiger partial charge on any atom is 0.248 e. The van der Waals surface area contributed by atoms with Crippen LogP contribution in [0.15, 0.2) is 18.2 Å². The molecule has 0 aromatic heterocycles. The average Bonchev–Trinajstić information content (AvgIpc) is 3.33. The smallest absolute Gasteiger partial charge is 0.248 e. The minimum atomic E-state index is -0.271. The molecule has 0 radical (unpaired) electrons. The highest BCUT2D eigenvalue weighted by Gasteiger charge is 2.68. The van der Waals surface area contributed by atoms with Crippen LogP contribution in [0.1, 0.15) is 60.0 Å². The van der Waals surface area contributed by atoms with E-state index in [-0.39, 0.29) is 5.91 Å². The highest BCUT2D eigenvalue weighted by Crippen LogP contribution is 2.67. The first-order valence-corrected chi connectivity index (χ1v) is 10.4. The van der Waals surface area contributed by atoms with Crippen LogP contribution in [-0.4, -0.2) is 29.9 Å². The molecule has 1 aliphatic heterocycles. The van der Waals surface area contributed by atoms with Crippen molar-refractivity contribution in [2.45, 2.75) is 56.4 Å². The lowest BCUT2D eigenvalue weighted by Crippen LogP contribution is -2.53. The van der Waals surface area contributed by atoms with Gasteiger partial charge in [0, 0.05) is 30.1 Å². The summed E-state index contributed by atoms with van der Waals surface area (Å²) in [4.78, 5) is 14.7. The topological polar surface area (TPSA) is 46.3 Å². The minimum Gasteiger partial charge on any atom is -0.366 e. The van der Waals surface area contributed by atoms with Crippen molar-refractivity contribution >= 4 is 5.91 Å². The Kier molecular flexibility index (Phi) is 2.88. The number of hydrogen-bond acceptors (Lipinski definition) is 2. The molecule has 3 nitrogen and oxygen atoms in total. The summed E-state index contributed by atoms with van der Waals surface area (Å²) < 4.78 is 0. The van der Waals surface area contributed by atoms with Crippen LogP contribution in [0.2, 0.25) is 0 Å². The van der Waals surface area contributed by atoms with Crippen molar-refractivity contribution in [3.05, 3.63) is 34.9 Å². The Morgan fingerprint density at radius 2 is 2.08 bits per heavy atom. The maximum absolute atomic E-state index is 11.8. The van der Waals surface area contributed by atoms with Gasteiger partial charge in [0.05, 0.1) is 0 Å². The van der Waals surface area contributed by atoms with Gasteiger partial charge >= 0.3 is 0 Å². The molecule has 1 amide bonds. The number of rotatable bonds is 3. The lowest BCUT2D eigenvalue weighted by Gasteiger charge is -2.52. The largest absolute Gasteiger partial charge is 0.366 e. The predicted molar refractivity (Wildman–Crippen MR) is 97.4 cm³/mol. The van der Waals surface area contributed by atoms with Crippen molar-refractivity contribution in [2.75, 3.05) is 13.1 Å². The monoisotopic (exact) mass is 336 g/mol. The SMILES string of the molecule is NC(=O)c1ccc2c(c1)C13CCCCC1C1[C@H](C2)[C@H]3CN1CC1CC1. The molecular formula is C22H28N2O. The highest BCUT2D eigenvalue weighted by molar-refractivity contribution is 5.93. The molecule has 4 fully saturated rings. The number of nitrogens with zero attached hydrogens (tertiary/aromatic N) is 1. The van der Waals surface area contributed by atoms with E-state index in [1.165, 1.54) is 69.2 Å². The van der Waals surface area contributed by atoms with E-state index in [9.17, 15) is 4.79 Å². The number of hydrogen-bond donors (Lipinski definition) is 1. The molecule has 4 aliphatic carbocycles. The Morgan fingerprint density at radius 3 is 2.88 bits per heavy atom. The number of carbonyl (C=O) groups excluding carboxylic acids is 1. The zero-order valence-electron chi connectivity index (χ0n) is 14.9. The molecule has 3 heteroatoms. The van der Waals surface area contributed by atoms with Crippen molar-refractivity contribution in [1.82, 2.24) is 4.90 Å². The third-order valence-corrected chi connectivity index (χ3v) is 8.44. The van der Waals surface area contributed by atoms with E-state index in [2.05, 4.69) is 17.0 Å². The third kappa shape index (κ3) is 1.83. The zero-order valence-corrected chi connectivity index (χ0v) is 14.9. The summed E-state index contributed by atoms with van der Waals surface area (Å²) in [5.74, 6) is 3.20. The summed E-state index contributed by atoms with van der Waals surface area (Å²) >= 11 is 0. The van der Waals surface area contributed by atoms with Gasteiger partial charge in [0.25, 0.3) is 0 Å². The molecule has 6 rings (SSSR count). The minimum absolute atomic E-state index is 0.271.